The zero-order valence-corrected chi connectivity index (χ0v) is 14.7. The number of rotatable bonds is 6. The number of ether oxygens (including phenoxy) is 1. The normalized spacial score (nSPS) is 12.2. The predicted octanol–water partition coefficient (Wildman–Crippen LogP) is 1.93. The van der Waals surface area contributed by atoms with Crippen molar-refractivity contribution >= 4 is 16.0 Å². The van der Waals surface area contributed by atoms with Gasteiger partial charge in [0.1, 0.15) is 6.04 Å². The molecule has 0 aromatic heterocycles. The van der Waals surface area contributed by atoms with Gasteiger partial charge in [-0.15, -0.1) is 0 Å². The zero-order valence-electron chi connectivity index (χ0n) is 13.9. The fourth-order valence-corrected chi connectivity index (χ4v) is 3.48. The van der Waals surface area contributed by atoms with Gasteiger partial charge in [0.05, 0.1) is 23.6 Å². The quantitative estimate of drug-likeness (QED) is 0.796. The lowest BCUT2D eigenvalue weighted by molar-refractivity contribution is -0.142. The van der Waals surface area contributed by atoms with Gasteiger partial charge in [0, 0.05) is 0 Å². The molecule has 0 heterocycles. The molecule has 2 rings (SSSR count). The third-order valence-electron chi connectivity index (χ3n) is 3.61. The van der Waals surface area contributed by atoms with Crippen LogP contribution in [0.15, 0.2) is 53.4 Å². The van der Waals surface area contributed by atoms with Crippen molar-refractivity contribution in [3.63, 3.8) is 0 Å². The third-order valence-corrected chi connectivity index (χ3v) is 5.10. The number of hydrogen-bond acceptors (Lipinski definition) is 5. The summed E-state index contributed by atoms with van der Waals surface area (Å²) in [6.07, 6.45) is 0.0767. The van der Waals surface area contributed by atoms with Crippen molar-refractivity contribution in [2.45, 2.75) is 24.3 Å². The highest BCUT2D eigenvalue weighted by Gasteiger charge is 2.26. The first-order valence-corrected chi connectivity index (χ1v) is 9.00. The van der Waals surface area contributed by atoms with Gasteiger partial charge in [-0.05, 0) is 43.2 Å². The summed E-state index contributed by atoms with van der Waals surface area (Å²) >= 11 is 0. The Morgan fingerprint density at radius 1 is 1.24 bits per heavy atom. The molecule has 0 saturated heterocycles. The Morgan fingerprint density at radius 2 is 1.92 bits per heavy atom. The van der Waals surface area contributed by atoms with Crippen molar-refractivity contribution in [2.75, 3.05) is 7.11 Å². The Hall–Kier alpha value is -2.69. The zero-order chi connectivity index (χ0) is 18.4. The molecule has 0 spiro atoms. The molecule has 0 bridgehead atoms. The first-order valence-electron chi connectivity index (χ1n) is 7.51. The molecule has 0 aliphatic heterocycles. The Kier molecular flexibility index (Phi) is 5.91. The average molecular weight is 358 g/mol. The maximum Gasteiger partial charge on any atom is 0.324 e. The number of esters is 1. The van der Waals surface area contributed by atoms with Gasteiger partial charge >= 0.3 is 5.97 Å². The summed E-state index contributed by atoms with van der Waals surface area (Å²) in [4.78, 5) is 12.1. The van der Waals surface area contributed by atoms with Crippen molar-refractivity contribution < 1.29 is 17.9 Å². The second-order valence-corrected chi connectivity index (χ2v) is 7.24. The van der Waals surface area contributed by atoms with Crippen LogP contribution in [0.25, 0.3) is 0 Å². The van der Waals surface area contributed by atoms with Crippen LogP contribution in [0.1, 0.15) is 16.7 Å². The van der Waals surface area contributed by atoms with Crippen LogP contribution in [-0.4, -0.2) is 27.5 Å². The number of nitrogens with zero attached hydrogens (tertiary/aromatic N) is 1. The highest BCUT2D eigenvalue weighted by atomic mass is 32.2. The number of carbonyl (C=O) groups excluding carboxylic acids is 1. The van der Waals surface area contributed by atoms with E-state index >= 15 is 0 Å². The summed E-state index contributed by atoms with van der Waals surface area (Å²) in [6, 6.07) is 13.9. The summed E-state index contributed by atoms with van der Waals surface area (Å²) in [7, 11) is -2.69. The fraction of sp³-hybridized carbons (Fsp3) is 0.222. The van der Waals surface area contributed by atoms with E-state index in [0.29, 0.717) is 11.1 Å². The van der Waals surface area contributed by atoms with Gasteiger partial charge < -0.3 is 4.74 Å². The van der Waals surface area contributed by atoms with Gasteiger partial charge in [-0.2, -0.15) is 9.98 Å². The first-order chi connectivity index (χ1) is 11.9. The lowest BCUT2D eigenvalue weighted by atomic mass is 10.0. The van der Waals surface area contributed by atoms with Gasteiger partial charge in [0.2, 0.25) is 10.0 Å². The number of carbonyl (C=O) groups is 1. The molecule has 0 radical (unpaired) electrons. The number of sulfonamides is 1. The summed E-state index contributed by atoms with van der Waals surface area (Å²) in [5.74, 6) is -0.696. The standard InChI is InChI=1S/C18H18N2O4S/c1-13-6-8-16(9-7-13)25(22,23)20-17(18(21)24-2)11-14-4-3-5-15(10-14)12-19/h3-10,17,20H,11H2,1-2H3/t17-/m0/s1. The molecular weight excluding hydrogens is 340 g/mol. The molecule has 0 saturated carbocycles. The van der Waals surface area contributed by atoms with Crippen LogP contribution in [0.4, 0.5) is 0 Å². The smallest absolute Gasteiger partial charge is 0.324 e. The van der Waals surface area contributed by atoms with Crippen molar-refractivity contribution in [1.82, 2.24) is 4.72 Å². The summed E-state index contributed by atoms with van der Waals surface area (Å²) in [6.45, 7) is 1.85. The van der Waals surface area contributed by atoms with Crippen LogP contribution in [0.5, 0.6) is 0 Å². The van der Waals surface area contributed by atoms with Crippen LogP contribution < -0.4 is 4.72 Å². The number of methoxy groups -OCH3 is 1. The van der Waals surface area contributed by atoms with Crippen molar-refractivity contribution in [3.05, 3.63) is 65.2 Å². The molecule has 1 atom stereocenters. The van der Waals surface area contributed by atoms with E-state index in [4.69, 9.17) is 10.00 Å². The van der Waals surface area contributed by atoms with E-state index in [1.807, 2.05) is 13.0 Å². The lowest BCUT2D eigenvalue weighted by Gasteiger charge is -2.17. The SMILES string of the molecule is COC(=O)[C@H](Cc1cccc(C#N)c1)NS(=O)(=O)c1ccc(C)cc1. The number of aryl methyl sites for hydroxylation is 1. The summed E-state index contributed by atoms with van der Waals surface area (Å²) in [5, 5.41) is 8.96. The Balaban J connectivity index is 2.27. The highest BCUT2D eigenvalue weighted by molar-refractivity contribution is 7.89. The minimum atomic E-state index is -3.88. The molecule has 0 aliphatic rings. The van der Waals surface area contributed by atoms with Crippen LogP contribution in [0, 0.1) is 18.3 Å². The van der Waals surface area contributed by atoms with E-state index in [-0.39, 0.29) is 11.3 Å². The first kappa shape index (κ1) is 18.6. The molecule has 1 N–H and O–H groups in total. The maximum atomic E-state index is 12.5. The molecule has 0 fully saturated rings. The third kappa shape index (κ3) is 4.89. The number of nitriles is 1. The molecule has 25 heavy (non-hydrogen) atoms. The van der Waals surface area contributed by atoms with Gasteiger partial charge in [-0.1, -0.05) is 29.8 Å². The van der Waals surface area contributed by atoms with E-state index in [2.05, 4.69) is 4.72 Å². The molecule has 7 heteroatoms. The Morgan fingerprint density at radius 3 is 2.52 bits per heavy atom. The predicted molar refractivity (Wildman–Crippen MR) is 92.2 cm³/mol. The molecule has 2 aromatic carbocycles. The number of nitrogens with one attached hydrogen (secondary N) is 1. The second-order valence-electron chi connectivity index (χ2n) is 5.53. The maximum absolute atomic E-state index is 12.5. The van der Waals surface area contributed by atoms with Crippen molar-refractivity contribution in [1.29, 1.82) is 5.26 Å². The molecule has 0 aliphatic carbocycles. The van der Waals surface area contributed by atoms with E-state index in [1.54, 1.807) is 36.4 Å². The second kappa shape index (κ2) is 7.92. The lowest BCUT2D eigenvalue weighted by Crippen LogP contribution is -2.43. The van der Waals surface area contributed by atoms with Crippen LogP contribution >= 0.6 is 0 Å². The largest absolute Gasteiger partial charge is 0.468 e. The number of hydrogen-bond donors (Lipinski definition) is 1. The van der Waals surface area contributed by atoms with Crippen molar-refractivity contribution in [3.8, 4) is 6.07 Å². The minimum absolute atomic E-state index is 0.0674. The van der Waals surface area contributed by atoms with E-state index in [1.165, 1.54) is 19.2 Å². The topological polar surface area (TPSA) is 96.3 Å². The van der Waals surface area contributed by atoms with Crippen LogP contribution in [0.3, 0.4) is 0 Å². The average Bonchev–Trinajstić information content (AvgIpc) is 2.60. The number of benzene rings is 2. The summed E-state index contributed by atoms with van der Waals surface area (Å²) < 4.78 is 32.1. The van der Waals surface area contributed by atoms with E-state index < -0.39 is 22.0 Å². The highest BCUT2D eigenvalue weighted by Crippen LogP contribution is 2.13. The van der Waals surface area contributed by atoms with Crippen LogP contribution in [-0.2, 0) is 26.0 Å². The molecule has 6 nitrogen and oxygen atoms in total. The van der Waals surface area contributed by atoms with Gasteiger partial charge in [-0.3, -0.25) is 4.79 Å². The van der Waals surface area contributed by atoms with Gasteiger partial charge in [0.15, 0.2) is 0 Å². The Labute approximate surface area is 147 Å². The van der Waals surface area contributed by atoms with E-state index in [9.17, 15) is 13.2 Å². The van der Waals surface area contributed by atoms with Crippen LogP contribution in [0.2, 0.25) is 0 Å². The monoisotopic (exact) mass is 358 g/mol. The Bertz CT molecular complexity index is 899. The molecule has 0 unspecified atom stereocenters. The van der Waals surface area contributed by atoms with Crippen molar-refractivity contribution in [2.24, 2.45) is 0 Å². The van der Waals surface area contributed by atoms with Gasteiger partial charge in [0.25, 0.3) is 0 Å². The van der Waals surface area contributed by atoms with E-state index in [0.717, 1.165) is 5.56 Å². The summed E-state index contributed by atoms with van der Waals surface area (Å²) in [5.41, 5.74) is 2.01. The molecule has 0 amide bonds. The molecule has 2 aromatic rings. The van der Waals surface area contributed by atoms with Gasteiger partial charge in [-0.25, -0.2) is 8.42 Å². The molecule has 130 valence electrons. The molecular formula is C18H18N2O4S. The minimum Gasteiger partial charge on any atom is -0.468 e. The fourth-order valence-electron chi connectivity index (χ4n) is 2.29.